The van der Waals surface area contributed by atoms with Crippen LogP contribution in [0.5, 0.6) is 0 Å². The minimum atomic E-state index is -4.67. The summed E-state index contributed by atoms with van der Waals surface area (Å²) >= 11 is 0. The fraction of sp³-hybridized carbons (Fsp3) is 0.538. The van der Waals surface area contributed by atoms with E-state index >= 15 is 0 Å². The van der Waals surface area contributed by atoms with Gasteiger partial charge >= 0.3 is 10.4 Å². The van der Waals surface area contributed by atoms with Crippen molar-refractivity contribution >= 4 is 16.1 Å². The van der Waals surface area contributed by atoms with Gasteiger partial charge in [0.2, 0.25) is 0 Å². The first-order chi connectivity index (χ1) is 8.57. The topological polar surface area (TPSA) is 74.6 Å². The third-order valence-corrected chi connectivity index (χ3v) is 3.11. The smallest absolute Gasteiger partial charge is 0.298 e. The van der Waals surface area contributed by atoms with Crippen LogP contribution in [0.1, 0.15) is 24.0 Å². The van der Waals surface area contributed by atoms with Crippen molar-refractivity contribution in [2.24, 2.45) is 0 Å². The Bertz CT molecular complexity index is 524. The molecule has 6 heteroatoms. The van der Waals surface area contributed by atoms with Gasteiger partial charge in [0.15, 0.2) is 0 Å². The van der Waals surface area contributed by atoms with Gasteiger partial charge in [-0.3, -0.25) is 13.6 Å². The number of rotatable bonds is 1. The van der Waals surface area contributed by atoms with Crippen LogP contribution in [0, 0.1) is 0 Å². The molecule has 0 amide bonds. The number of nitrogens with zero attached hydrogens (tertiary/aromatic N) is 1. The van der Waals surface area contributed by atoms with Crippen molar-refractivity contribution in [2.45, 2.75) is 25.7 Å². The van der Waals surface area contributed by atoms with Crippen molar-refractivity contribution in [3.63, 3.8) is 0 Å². The summed E-state index contributed by atoms with van der Waals surface area (Å²) in [5.41, 5.74) is 4.58. The average molecular weight is 288 g/mol. The van der Waals surface area contributed by atoms with Crippen LogP contribution in [-0.4, -0.2) is 38.7 Å². The third-order valence-electron chi connectivity index (χ3n) is 3.11. The molecule has 2 N–H and O–H groups in total. The quantitative estimate of drug-likeness (QED) is 0.613. The summed E-state index contributed by atoms with van der Waals surface area (Å²) in [6, 6.07) is 7.01. The molecule has 0 fully saturated rings. The highest BCUT2D eigenvalue weighted by atomic mass is 32.3. The fourth-order valence-corrected chi connectivity index (χ4v) is 2.14. The lowest BCUT2D eigenvalue weighted by Gasteiger charge is -2.25. The lowest BCUT2D eigenvalue weighted by molar-refractivity contribution is 0.381. The fourth-order valence-electron chi connectivity index (χ4n) is 2.14. The van der Waals surface area contributed by atoms with Gasteiger partial charge in [0.1, 0.15) is 5.69 Å². The predicted molar refractivity (Wildman–Crippen MR) is 76.8 cm³/mol. The Morgan fingerprint density at radius 2 is 1.47 bits per heavy atom. The number of aryl methyl sites for hydroxylation is 2. The molecule has 0 saturated heterocycles. The summed E-state index contributed by atoms with van der Waals surface area (Å²) in [7, 11) is 2.01. The first-order valence-electron chi connectivity index (χ1n) is 6.21. The van der Waals surface area contributed by atoms with E-state index in [4.69, 9.17) is 17.5 Å². The zero-order valence-corrected chi connectivity index (χ0v) is 12.4. The standard InChI is InChI=1S/C13H20N.H2O4S/c1-14(2,3)13-9-8-11-6-4-5-7-12(11)10-13;1-5(2,3)4/h8-10H,4-7H2,1-3H3;(H2,1,2,3,4)/q+1;. The van der Waals surface area contributed by atoms with Crippen molar-refractivity contribution < 1.29 is 17.5 Å². The molecule has 1 aromatic carbocycles. The van der Waals surface area contributed by atoms with E-state index in [-0.39, 0.29) is 0 Å². The lowest BCUT2D eigenvalue weighted by atomic mass is 9.91. The summed E-state index contributed by atoms with van der Waals surface area (Å²) in [5, 5.41) is 0. The summed E-state index contributed by atoms with van der Waals surface area (Å²) in [6.45, 7) is 0. The van der Waals surface area contributed by atoms with Crippen LogP contribution < -0.4 is 4.48 Å². The molecule has 0 atom stereocenters. The molecular weight excluding hydrogens is 266 g/mol. The van der Waals surface area contributed by atoms with Gasteiger partial charge in [-0.25, -0.2) is 0 Å². The molecule has 0 spiro atoms. The molecule has 0 saturated carbocycles. The van der Waals surface area contributed by atoms with Crippen LogP contribution in [0.2, 0.25) is 0 Å². The van der Waals surface area contributed by atoms with E-state index in [2.05, 4.69) is 39.3 Å². The predicted octanol–water partition coefficient (Wildman–Crippen LogP) is 2.11. The Kier molecular flexibility index (Phi) is 5.09. The molecule has 0 aromatic heterocycles. The second-order valence-electron chi connectivity index (χ2n) is 5.62. The minimum absolute atomic E-state index is 0.924. The molecule has 0 unspecified atom stereocenters. The summed E-state index contributed by atoms with van der Waals surface area (Å²) < 4.78 is 32.5. The molecule has 0 heterocycles. The van der Waals surface area contributed by atoms with Crippen LogP contribution in [0.3, 0.4) is 0 Å². The van der Waals surface area contributed by atoms with Crippen molar-refractivity contribution in [1.82, 2.24) is 4.48 Å². The zero-order chi connectivity index (χ0) is 14.7. The molecule has 19 heavy (non-hydrogen) atoms. The average Bonchev–Trinajstić information content (AvgIpc) is 2.25. The third kappa shape index (κ3) is 6.15. The molecule has 0 bridgehead atoms. The first-order valence-corrected chi connectivity index (χ1v) is 7.61. The van der Waals surface area contributed by atoms with E-state index < -0.39 is 10.4 Å². The van der Waals surface area contributed by atoms with Gasteiger partial charge in [-0.2, -0.15) is 8.42 Å². The number of hydrogen-bond donors (Lipinski definition) is 2. The van der Waals surface area contributed by atoms with Crippen LogP contribution in [0.4, 0.5) is 5.69 Å². The van der Waals surface area contributed by atoms with Gasteiger partial charge in [0.05, 0.1) is 21.1 Å². The second-order valence-corrected chi connectivity index (χ2v) is 6.52. The maximum atomic E-state index is 8.74. The SMILES string of the molecule is C[N+](C)(C)c1ccc2c(c1)CCCC2.O=S(=O)(O)O. The first kappa shape index (κ1) is 16.1. The maximum absolute atomic E-state index is 8.74. The van der Waals surface area contributed by atoms with Crippen molar-refractivity contribution in [3.8, 4) is 0 Å². The van der Waals surface area contributed by atoms with Crippen LogP contribution in [0.25, 0.3) is 0 Å². The second kappa shape index (κ2) is 6.00. The molecule has 5 nitrogen and oxygen atoms in total. The maximum Gasteiger partial charge on any atom is 0.394 e. The summed E-state index contributed by atoms with van der Waals surface area (Å²) in [6.07, 6.45) is 5.31. The monoisotopic (exact) mass is 288 g/mol. The summed E-state index contributed by atoms with van der Waals surface area (Å²) in [4.78, 5) is 0. The number of quaternary nitrogens is 1. The van der Waals surface area contributed by atoms with Crippen LogP contribution >= 0.6 is 0 Å². The van der Waals surface area contributed by atoms with Gasteiger partial charge in [0, 0.05) is 6.07 Å². The zero-order valence-electron chi connectivity index (χ0n) is 11.6. The van der Waals surface area contributed by atoms with Crippen molar-refractivity contribution in [2.75, 3.05) is 21.1 Å². The van der Waals surface area contributed by atoms with Gasteiger partial charge in [-0.1, -0.05) is 6.07 Å². The van der Waals surface area contributed by atoms with Crippen LogP contribution in [0.15, 0.2) is 18.2 Å². The number of fused-ring (bicyclic) bond motifs is 1. The highest BCUT2D eigenvalue weighted by molar-refractivity contribution is 7.79. The Hall–Kier alpha value is -0.950. The van der Waals surface area contributed by atoms with Crippen molar-refractivity contribution in [3.05, 3.63) is 29.3 Å². The Morgan fingerprint density at radius 1 is 1.00 bits per heavy atom. The highest BCUT2D eigenvalue weighted by Gasteiger charge is 2.16. The van der Waals surface area contributed by atoms with E-state index in [0.29, 0.717) is 0 Å². The van der Waals surface area contributed by atoms with E-state index in [1.807, 2.05) is 0 Å². The molecule has 2 rings (SSSR count). The molecule has 1 aromatic rings. The minimum Gasteiger partial charge on any atom is -0.298 e. The Balaban J connectivity index is 0.000000312. The van der Waals surface area contributed by atoms with Crippen LogP contribution in [-0.2, 0) is 23.2 Å². The normalized spacial score (nSPS) is 15.2. The van der Waals surface area contributed by atoms with Gasteiger partial charge in [0.25, 0.3) is 0 Å². The molecule has 1 aliphatic carbocycles. The Labute approximate surface area is 115 Å². The van der Waals surface area contributed by atoms with E-state index in [1.54, 1.807) is 11.1 Å². The Morgan fingerprint density at radius 3 is 1.95 bits per heavy atom. The lowest BCUT2D eigenvalue weighted by Crippen LogP contribution is -2.34. The number of benzene rings is 1. The van der Waals surface area contributed by atoms with E-state index in [9.17, 15) is 0 Å². The molecular formula is C13H22NO4S+. The molecule has 0 radical (unpaired) electrons. The molecule has 108 valence electrons. The summed E-state index contributed by atoms with van der Waals surface area (Å²) in [5.74, 6) is 0. The number of hydrogen-bond acceptors (Lipinski definition) is 2. The van der Waals surface area contributed by atoms with Gasteiger partial charge < -0.3 is 0 Å². The molecule has 1 aliphatic rings. The largest absolute Gasteiger partial charge is 0.394 e. The van der Waals surface area contributed by atoms with E-state index in [0.717, 1.165) is 4.48 Å². The van der Waals surface area contributed by atoms with Crippen molar-refractivity contribution in [1.29, 1.82) is 0 Å². The van der Waals surface area contributed by atoms with Gasteiger partial charge in [-0.05, 0) is 42.9 Å². The highest BCUT2D eigenvalue weighted by Crippen LogP contribution is 2.26. The van der Waals surface area contributed by atoms with Gasteiger partial charge in [-0.15, -0.1) is 0 Å². The van der Waals surface area contributed by atoms with E-state index in [1.165, 1.54) is 31.4 Å². The molecule has 0 aliphatic heterocycles.